The number of hydrogen-bond donors (Lipinski definition) is 0. The van der Waals surface area contributed by atoms with E-state index in [4.69, 9.17) is 14.2 Å². The molecule has 10 heteroatoms. The van der Waals surface area contributed by atoms with Gasteiger partial charge in [-0.2, -0.15) is 4.31 Å². The van der Waals surface area contributed by atoms with Crippen LogP contribution in [-0.2, 0) is 19.6 Å². The summed E-state index contributed by atoms with van der Waals surface area (Å²) in [4.78, 5) is 26.5. The number of hydrogen-bond acceptors (Lipinski definition) is 7. The first-order chi connectivity index (χ1) is 16.8. The quantitative estimate of drug-likeness (QED) is 0.461. The van der Waals surface area contributed by atoms with Crippen LogP contribution >= 0.6 is 0 Å². The first-order valence-electron chi connectivity index (χ1n) is 11.0. The van der Waals surface area contributed by atoms with E-state index < -0.39 is 16.0 Å². The number of benzene rings is 3. The van der Waals surface area contributed by atoms with Gasteiger partial charge in [0.05, 0.1) is 19.1 Å². The number of methoxy groups -OCH3 is 2. The van der Waals surface area contributed by atoms with Crippen molar-refractivity contribution in [3.8, 4) is 11.5 Å². The maximum atomic E-state index is 13.2. The monoisotopic (exact) mass is 498 g/mol. The Morgan fingerprint density at radius 2 is 1.60 bits per heavy atom. The van der Waals surface area contributed by atoms with Crippen LogP contribution in [0.5, 0.6) is 11.5 Å². The molecule has 1 heterocycles. The molecule has 9 nitrogen and oxygen atoms in total. The van der Waals surface area contributed by atoms with E-state index in [0.717, 1.165) is 10.8 Å². The fraction of sp³-hybridized carbons (Fsp3) is 0.280. The van der Waals surface area contributed by atoms with Gasteiger partial charge < -0.3 is 19.1 Å². The molecule has 35 heavy (non-hydrogen) atoms. The second kappa shape index (κ2) is 10.3. The molecular formula is C25H26N2O7S. The minimum absolute atomic E-state index is 0.169. The number of rotatable bonds is 7. The summed E-state index contributed by atoms with van der Waals surface area (Å²) in [5.41, 5.74) is 0.174. The van der Waals surface area contributed by atoms with Crippen molar-refractivity contribution >= 4 is 32.7 Å². The molecular weight excluding hydrogens is 472 g/mol. The van der Waals surface area contributed by atoms with E-state index >= 15 is 0 Å². The summed E-state index contributed by atoms with van der Waals surface area (Å²) in [6.07, 6.45) is 0. The summed E-state index contributed by atoms with van der Waals surface area (Å²) in [6, 6.07) is 17.2. The van der Waals surface area contributed by atoms with Crippen LogP contribution < -0.4 is 9.47 Å². The van der Waals surface area contributed by atoms with Gasteiger partial charge in [0.25, 0.3) is 5.91 Å². The van der Waals surface area contributed by atoms with Gasteiger partial charge in [-0.1, -0.05) is 30.3 Å². The molecule has 3 aromatic rings. The molecule has 1 amide bonds. The summed E-state index contributed by atoms with van der Waals surface area (Å²) in [5.74, 6) is -0.274. The van der Waals surface area contributed by atoms with Crippen LogP contribution in [0.15, 0.2) is 65.6 Å². The van der Waals surface area contributed by atoms with E-state index in [1.807, 2.05) is 24.3 Å². The smallest absolute Gasteiger partial charge is 0.341 e. The molecule has 1 aliphatic heterocycles. The second-order valence-electron chi connectivity index (χ2n) is 7.94. The van der Waals surface area contributed by atoms with Gasteiger partial charge in [0.15, 0.2) is 6.61 Å². The number of carbonyl (C=O) groups excluding carboxylic acids is 2. The molecule has 0 saturated carbocycles. The lowest BCUT2D eigenvalue weighted by molar-refractivity contribution is -0.134. The lowest BCUT2D eigenvalue weighted by atomic mass is 10.1. The fourth-order valence-electron chi connectivity index (χ4n) is 3.91. The maximum absolute atomic E-state index is 13.2. The lowest BCUT2D eigenvalue weighted by Crippen LogP contribution is -2.51. The van der Waals surface area contributed by atoms with E-state index in [-0.39, 0.29) is 54.9 Å². The molecule has 0 aromatic heterocycles. The zero-order valence-electron chi connectivity index (χ0n) is 19.5. The molecule has 0 N–H and O–H groups in total. The van der Waals surface area contributed by atoms with Crippen LogP contribution in [0, 0.1) is 0 Å². The Morgan fingerprint density at radius 3 is 2.29 bits per heavy atom. The van der Waals surface area contributed by atoms with Gasteiger partial charge in [-0.05, 0) is 35.0 Å². The van der Waals surface area contributed by atoms with Crippen LogP contribution in [0.4, 0.5) is 0 Å². The Labute approximate surface area is 203 Å². The minimum Gasteiger partial charge on any atom is -0.497 e. The molecule has 0 unspecified atom stereocenters. The fourth-order valence-corrected chi connectivity index (χ4v) is 5.37. The number of nitrogens with zero attached hydrogens (tertiary/aromatic N) is 2. The van der Waals surface area contributed by atoms with Crippen LogP contribution in [0.1, 0.15) is 10.4 Å². The highest BCUT2D eigenvalue weighted by atomic mass is 32.2. The molecule has 0 radical (unpaired) electrons. The topological polar surface area (TPSA) is 102 Å². The SMILES string of the molecule is COC(=O)c1ccc(OC)cc1OCC(=O)N1CCN(S(=O)(=O)c2ccc3ccccc3c2)CC1. The summed E-state index contributed by atoms with van der Waals surface area (Å²) in [5, 5.41) is 1.82. The molecule has 0 atom stereocenters. The van der Waals surface area contributed by atoms with Crippen LogP contribution in [0.2, 0.25) is 0 Å². The third-order valence-corrected chi connectivity index (χ3v) is 7.79. The van der Waals surface area contributed by atoms with Crippen LogP contribution in [-0.4, -0.2) is 76.5 Å². The highest BCUT2D eigenvalue weighted by Crippen LogP contribution is 2.26. The largest absolute Gasteiger partial charge is 0.497 e. The van der Waals surface area contributed by atoms with Crippen molar-refractivity contribution in [3.05, 3.63) is 66.2 Å². The van der Waals surface area contributed by atoms with E-state index in [1.54, 1.807) is 29.2 Å². The highest BCUT2D eigenvalue weighted by Gasteiger charge is 2.30. The molecule has 1 saturated heterocycles. The van der Waals surface area contributed by atoms with E-state index in [2.05, 4.69) is 0 Å². The molecule has 0 aliphatic carbocycles. The second-order valence-corrected chi connectivity index (χ2v) is 9.87. The minimum atomic E-state index is -3.68. The Kier molecular flexibility index (Phi) is 7.23. The van der Waals surface area contributed by atoms with Crippen molar-refractivity contribution in [2.45, 2.75) is 4.90 Å². The van der Waals surface area contributed by atoms with E-state index in [9.17, 15) is 18.0 Å². The van der Waals surface area contributed by atoms with E-state index in [1.165, 1.54) is 30.7 Å². The zero-order chi connectivity index (χ0) is 25.0. The highest BCUT2D eigenvalue weighted by molar-refractivity contribution is 7.89. The van der Waals surface area contributed by atoms with Crippen LogP contribution in [0.25, 0.3) is 10.8 Å². The van der Waals surface area contributed by atoms with Gasteiger partial charge in [0.1, 0.15) is 17.1 Å². The predicted octanol–water partition coefficient (Wildman–Crippen LogP) is 2.55. The standard InChI is InChI=1S/C25H26N2O7S/c1-32-20-8-10-22(25(29)33-2)23(16-20)34-17-24(28)26-11-13-27(14-12-26)35(30,31)21-9-7-18-5-3-4-6-19(18)15-21/h3-10,15-16H,11-14,17H2,1-2H3. The van der Waals surface area contributed by atoms with Gasteiger partial charge >= 0.3 is 5.97 Å². The number of piperazine rings is 1. The zero-order valence-corrected chi connectivity index (χ0v) is 20.3. The van der Waals surface area contributed by atoms with Gasteiger partial charge in [0.2, 0.25) is 10.0 Å². The first kappa shape index (κ1) is 24.5. The van der Waals surface area contributed by atoms with Crippen molar-refractivity contribution in [2.24, 2.45) is 0 Å². The number of ether oxygens (including phenoxy) is 3. The van der Waals surface area contributed by atoms with Crippen molar-refractivity contribution in [3.63, 3.8) is 0 Å². The Balaban J connectivity index is 1.39. The van der Waals surface area contributed by atoms with Crippen molar-refractivity contribution < 1.29 is 32.2 Å². The third-order valence-electron chi connectivity index (χ3n) is 5.90. The summed E-state index contributed by atoms with van der Waals surface area (Å²) >= 11 is 0. The molecule has 0 spiro atoms. The Bertz CT molecular complexity index is 1350. The average Bonchev–Trinajstić information content (AvgIpc) is 2.90. The predicted molar refractivity (Wildman–Crippen MR) is 129 cm³/mol. The lowest BCUT2D eigenvalue weighted by Gasteiger charge is -2.34. The Hall–Kier alpha value is -3.63. The first-order valence-corrected chi connectivity index (χ1v) is 12.4. The normalized spacial score (nSPS) is 14.5. The van der Waals surface area contributed by atoms with E-state index in [0.29, 0.717) is 5.75 Å². The molecule has 4 rings (SSSR count). The third kappa shape index (κ3) is 5.23. The maximum Gasteiger partial charge on any atom is 0.341 e. The summed E-state index contributed by atoms with van der Waals surface area (Å²) in [6.45, 7) is 0.503. The van der Waals surface area contributed by atoms with Crippen molar-refractivity contribution in [2.75, 3.05) is 47.0 Å². The number of amides is 1. The average molecular weight is 499 g/mol. The molecule has 184 valence electrons. The number of carbonyl (C=O) groups is 2. The Morgan fingerprint density at radius 1 is 0.886 bits per heavy atom. The molecule has 0 bridgehead atoms. The molecule has 3 aromatic carbocycles. The number of sulfonamides is 1. The van der Waals surface area contributed by atoms with Gasteiger partial charge in [-0.15, -0.1) is 0 Å². The molecule has 1 aliphatic rings. The van der Waals surface area contributed by atoms with Gasteiger partial charge in [-0.3, -0.25) is 4.79 Å². The molecule has 1 fully saturated rings. The van der Waals surface area contributed by atoms with Crippen LogP contribution in [0.3, 0.4) is 0 Å². The van der Waals surface area contributed by atoms with Crippen molar-refractivity contribution in [1.82, 2.24) is 9.21 Å². The number of fused-ring (bicyclic) bond motifs is 1. The number of esters is 1. The summed E-state index contributed by atoms with van der Waals surface area (Å²) in [7, 11) is -0.948. The van der Waals surface area contributed by atoms with Crippen molar-refractivity contribution in [1.29, 1.82) is 0 Å². The van der Waals surface area contributed by atoms with Gasteiger partial charge in [-0.25, -0.2) is 13.2 Å². The summed E-state index contributed by atoms with van der Waals surface area (Å²) < 4.78 is 43.2. The van der Waals surface area contributed by atoms with Gasteiger partial charge in [0, 0.05) is 32.2 Å².